The van der Waals surface area contributed by atoms with Crippen LogP contribution < -0.4 is 5.73 Å². The average Bonchev–Trinajstić information content (AvgIpc) is 2.84. The van der Waals surface area contributed by atoms with Gasteiger partial charge in [-0.05, 0) is 24.8 Å². The van der Waals surface area contributed by atoms with Crippen LogP contribution in [0.25, 0.3) is 5.65 Å². The van der Waals surface area contributed by atoms with E-state index < -0.39 is 0 Å². The Hall–Kier alpha value is -1.66. The number of hydrogen-bond donors (Lipinski definition) is 1. The summed E-state index contributed by atoms with van der Waals surface area (Å²) < 4.78 is 1.64. The van der Waals surface area contributed by atoms with Crippen LogP contribution in [0.2, 0.25) is 0 Å². The van der Waals surface area contributed by atoms with Gasteiger partial charge < -0.3 is 10.6 Å². The molecular weight excluding hydrogens is 302 g/mol. The molecular formula is C15H22ClN5O. The van der Waals surface area contributed by atoms with Gasteiger partial charge in [0.05, 0.1) is 6.20 Å². The molecule has 0 bridgehead atoms. The number of rotatable bonds is 1. The summed E-state index contributed by atoms with van der Waals surface area (Å²) in [5, 5.41) is 4.21. The molecule has 1 aliphatic heterocycles. The lowest BCUT2D eigenvalue weighted by molar-refractivity contribution is 0.0534. The number of carbonyl (C=O) groups excluding carboxylic acids is 1. The second-order valence-electron chi connectivity index (χ2n) is 6.51. The summed E-state index contributed by atoms with van der Waals surface area (Å²) in [5.74, 6) is -0.0110. The number of hydrogen-bond acceptors (Lipinski definition) is 4. The van der Waals surface area contributed by atoms with Gasteiger partial charge in [0.15, 0.2) is 5.65 Å². The Kier molecular flexibility index (Phi) is 4.44. The largest absolute Gasteiger partial charge is 0.338 e. The van der Waals surface area contributed by atoms with E-state index in [0.29, 0.717) is 24.3 Å². The van der Waals surface area contributed by atoms with E-state index in [1.807, 2.05) is 24.1 Å². The Balaban J connectivity index is 0.00000176. The first-order valence-electron chi connectivity index (χ1n) is 7.24. The lowest BCUT2D eigenvalue weighted by atomic mass is 9.79. The zero-order valence-corrected chi connectivity index (χ0v) is 13.9. The molecule has 7 heteroatoms. The van der Waals surface area contributed by atoms with Crippen molar-refractivity contribution in [2.24, 2.45) is 11.1 Å². The summed E-state index contributed by atoms with van der Waals surface area (Å²) in [6, 6.07) is 2.00. The van der Waals surface area contributed by atoms with Crippen molar-refractivity contribution in [3.8, 4) is 0 Å². The second kappa shape index (κ2) is 5.85. The number of fused-ring (bicyclic) bond motifs is 1. The molecule has 1 unspecified atom stereocenters. The average molecular weight is 324 g/mol. The van der Waals surface area contributed by atoms with Gasteiger partial charge in [-0.2, -0.15) is 5.10 Å². The van der Waals surface area contributed by atoms with Crippen molar-refractivity contribution in [1.82, 2.24) is 19.5 Å². The summed E-state index contributed by atoms with van der Waals surface area (Å²) in [6.45, 7) is 7.47. The van der Waals surface area contributed by atoms with Gasteiger partial charge >= 0.3 is 0 Å². The minimum Gasteiger partial charge on any atom is -0.338 e. The summed E-state index contributed by atoms with van der Waals surface area (Å²) in [4.78, 5) is 19.1. The highest BCUT2D eigenvalue weighted by Crippen LogP contribution is 2.28. The highest BCUT2D eigenvalue weighted by atomic mass is 35.5. The lowest BCUT2D eigenvalue weighted by Crippen LogP contribution is -2.54. The molecule has 0 radical (unpaired) electrons. The maximum atomic E-state index is 12.8. The van der Waals surface area contributed by atoms with E-state index in [0.717, 1.165) is 12.1 Å². The molecule has 3 rings (SSSR count). The molecule has 1 saturated heterocycles. The number of nitrogens with two attached hydrogens (primary N) is 1. The maximum absolute atomic E-state index is 12.8. The molecule has 2 aromatic rings. The first-order chi connectivity index (χ1) is 9.88. The minimum atomic E-state index is -0.0692. The fraction of sp³-hybridized carbons (Fsp3) is 0.533. The molecule has 2 N–H and O–H groups in total. The molecule has 1 atom stereocenters. The maximum Gasteiger partial charge on any atom is 0.259 e. The van der Waals surface area contributed by atoms with E-state index in [4.69, 9.17) is 5.73 Å². The van der Waals surface area contributed by atoms with Gasteiger partial charge in [0, 0.05) is 31.0 Å². The molecule has 0 aliphatic carbocycles. The molecule has 1 fully saturated rings. The van der Waals surface area contributed by atoms with Gasteiger partial charge in [-0.15, -0.1) is 12.4 Å². The second-order valence-corrected chi connectivity index (χ2v) is 6.51. The highest BCUT2D eigenvalue weighted by molar-refractivity contribution is 5.99. The van der Waals surface area contributed by atoms with Crippen LogP contribution in [-0.4, -0.2) is 44.5 Å². The number of halogens is 1. The monoisotopic (exact) mass is 323 g/mol. The number of aromatic nitrogens is 3. The molecule has 1 amide bonds. The third-order valence-corrected chi connectivity index (χ3v) is 4.34. The summed E-state index contributed by atoms with van der Waals surface area (Å²) in [5.41, 5.74) is 8.12. The van der Waals surface area contributed by atoms with Crippen LogP contribution >= 0.6 is 12.4 Å². The predicted molar refractivity (Wildman–Crippen MR) is 87.2 cm³/mol. The Bertz CT molecular complexity index is 696. The first kappa shape index (κ1) is 16.7. The van der Waals surface area contributed by atoms with E-state index in [2.05, 4.69) is 23.9 Å². The SMILES string of the molecule is Cc1ccn2ncc(C(=O)N3CCC(N)C(C)(C)C3)c2n1.Cl. The van der Waals surface area contributed by atoms with Crippen molar-refractivity contribution in [2.75, 3.05) is 13.1 Å². The normalized spacial score (nSPS) is 20.7. The predicted octanol–water partition coefficient (Wildman–Crippen LogP) is 1.66. The van der Waals surface area contributed by atoms with Crippen LogP contribution in [-0.2, 0) is 0 Å². The Morgan fingerprint density at radius 3 is 2.86 bits per heavy atom. The van der Waals surface area contributed by atoms with E-state index >= 15 is 0 Å². The number of likely N-dealkylation sites (tertiary alicyclic amines) is 1. The van der Waals surface area contributed by atoms with Crippen molar-refractivity contribution >= 4 is 24.0 Å². The van der Waals surface area contributed by atoms with E-state index in [1.54, 1.807) is 10.7 Å². The summed E-state index contributed by atoms with van der Waals surface area (Å²) >= 11 is 0. The van der Waals surface area contributed by atoms with Crippen molar-refractivity contribution in [1.29, 1.82) is 0 Å². The zero-order valence-electron chi connectivity index (χ0n) is 13.1. The van der Waals surface area contributed by atoms with E-state index in [1.165, 1.54) is 0 Å². The fourth-order valence-corrected chi connectivity index (χ4v) is 2.83. The number of aryl methyl sites for hydroxylation is 1. The van der Waals surface area contributed by atoms with Crippen LogP contribution in [0, 0.1) is 12.3 Å². The third-order valence-electron chi connectivity index (χ3n) is 4.34. The molecule has 22 heavy (non-hydrogen) atoms. The van der Waals surface area contributed by atoms with Crippen LogP contribution in [0.3, 0.4) is 0 Å². The molecule has 2 aromatic heterocycles. The Morgan fingerprint density at radius 2 is 2.18 bits per heavy atom. The summed E-state index contributed by atoms with van der Waals surface area (Å²) in [6.07, 6.45) is 4.25. The van der Waals surface area contributed by atoms with Crippen molar-refractivity contribution < 1.29 is 4.79 Å². The van der Waals surface area contributed by atoms with Gasteiger partial charge in [-0.25, -0.2) is 9.50 Å². The minimum absolute atomic E-state index is 0. The van der Waals surface area contributed by atoms with Crippen molar-refractivity contribution in [2.45, 2.75) is 33.2 Å². The molecule has 0 saturated carbocycles. The lowest BCUT2D eigenvalue weighted by Gasteiger charge is -2.42. The Labute approximate surface area is 136 Å². The van der Waals surface area contributed by atoms with Gasteiger partial charge in [-0.1, -0.05) is 13.8 Å². The standard InChI is InChI=1S/C15H21N5O.ClH/c1-10-4-7-20-13(18-10)11(8-17-20)14(21)19-6-5-12(16)15(2,3)9-19;/h4,7-8,12H,5-6,9,16H2,1-3H3;1H. The summed E-state index contributed by atoms with van der Waals surface area (Å²) in [7, 11) is 0. The number of nitrogens with zero attached hydrogens (tertiary/aromatic N) is 4. The fourth-order valence-electron chi connectivity index (χ4n) is 2.83. The van der Waals surface area contributed by atoms with Gasteiger partial charge in [0.2, 0.25) is 0 Å². The topological polar surface area (TPSA) is 76.5 Å². The van der Waals surface area contributed by atoms with E-state index in [9.17, 15) is 4.79 Å². The Morgan fingerprint density at radius 1 is 1.45 bits per heavy atom. The number of carbonyl (C=O) groups is 1. The highest BCUT2D eigenvalue weighted by Gasteiger charge is 2.36. The van der Waals surface area contributed by atoms with E-state index in [-0.39, 0.29) is 29.8 Å². The molecule has 0 spiro atoms. The molecule has 120 valence electrons. The number of amides is 1. The van der Waals surface area contributed by atoms with Gasteiger partial charge in [0.25, 0.3) is 5.91 Å². The van der Waals surface area contributed by atoms with Crippen molar-refractivity contribution in [3.63, 3.8) is 0 Å². The first-order valence-corrected chi connectivity index (χ1v) is 7.24. The molecule has 3 heterocycles. The third kappa shape index (κ3) is 2.80. The number of piperidine rings is 1. The van der Waals surface area contributed by atoms with Crippen LogP contribution in [0.1, 0.15) is 36.3 Å². The van der Waals surface area contributed by atoms with Gasteiger partial charge in [-0.3, -0.25) is 4.79 Å². The smallest absolute Gasteiger partial charge is 0.259 e. The van der Waals surface area contributed by atoms with Gasteiger partial charge in [0.1, 0.15) is 5.56 Å². The van der Waals surface area contributed by atoms with Crippen molar-refractivity contribution in [3.05, 3.63) is 29.7 Å². The van der Waals surface area contributed by atoms with Crippen LogP contribution in [0.4, 0.5) is 0 Å². The molecule has 6 nitrogen and oxygen atoms in total. The van der Waals surface area contributed by atoms with Crippen LogP contribution in [0.15, 0.2) is 18.5 Å². The molecule has 1 aliphatic rings. The zero-order chi connectivity index (χ0) is 15.2. The van der Waals surface area contributed by atoms with Crippen LogP contribution in [0.5, 0.6) is 0 Å². The quantitative estimate of drug-likeness (QED) is 0.866. The molecule has 0 aromatic carbocycles.